The van der Waals surface area contributed by atoms with Gasteiger partial charge in [-0.05, 0) is 43.2 Å². The van der Waals surface area contributed by atoms with Crippen molar-refractivity contribution in [2.24, 2.45) is 5.92 Å². The van der Waals surface area contributed by atoms with Crippen LogP contribution < -0.4 is 10.1 Å². The van der Waals surface area contributed by atoms with Gasteiger partial charge in [0.15, 0.2) is 0 Å². The molecule has 4 aromatic rings. The number of anilines is 1. The molecule has 0 bridgehead atoms. The molecule has 1 aliphatic heterocycles. The summed E-state index contributed by atoms with van der Waals surface area (Å²) in [6, 6.07) is 21.8. The maximum absolute atomic E-state index is 13.3. The van der Waals surface area contributed by atoms with Gasteiger partial charge in [-0.15, -0.1) is 0 Å². The van der Waals surface area contributed by atoms with Crippen molar-refractivity contribution in [1.29, 1.82) is 0 Å². The summed E-state index contributed by atoms with van der Waals surface area (Å²) in [5.41, 5.74) is 2.96. The number of hydrogen-bond acceptors (Lipinski definition) is 5. The van der Waals surface area contributed by atoms with Gasteiger partial charge in [0.1, 0.15) is 11.6 Å². The van der Waals surface area contributed by atoms with Gasteiger partial charge in [-0.25, -0.2) is 13.4 Å². The number of carbonyl (C=O) groups is 1. The quantitative estimate of drug-likeness (QED) is 0.420. The minimum absolute atomic E-state index is 0.109. The number of aromatic nitrogens is 2. The van der Waals surface area contributed by atoms with Gasteiger partial charge in [-0.2, -0.15) is 4.31 Å². The summed E-state index contributed by atoms with van der Waals surface area (Å²) >= 11 is 0. The predicted octanol–water partition coefficient (Wildman–Crippen LogP) is 4.28. The Hall–Kier alpha value is -3.69. The molecule has 0 aliphatic carbocycles. The van der Waals surface area contributed by atoms with Crippen molar-refractivity contribution in [3.8, 4) is 17.1 Å². The van der Waals surface area contributed by atoms with Crippen molar-refractivity contribution in [2.75, 3.05) is 25.5 Å². The lowest BCUT2D eigenvalue weighted by Crippen LogP contribution is -2.41. The molecule has 0 radical (unpaired) electrons. The van der Waals surface area contributed by atoms with Crippen LogP contribution in [0.15, 0.2) is 77.7 Å². The SMILES string of the molecule is COc1cccc(NC(=O)C2CCN(S(=O)(=O)c3ccc4nc(-c5ccccc5)[nH]c4c3)CC2)c1. The van der Waals surface area contributed by atoms with Gasteiger partial charge in [0.25, 0.3) is 0 Å². The van der Waals surface area contributed by atoms with Crippen molar-refractivity contribution in [2.45, 2.75) is 17.7 Å². The first-order valence-corrected chi connectivity index (χ1v) is 12.9. The van der Waals surface area contributed by atoms with Gasteiger partial charge in [0, 0.05) is 36.3 Å². The third kappa shape index (κ3) is 4.78. The number of ether oxygens (including phenoxy) is 1. The van der Waals surface area contributed by atoms with Crippen LogP contribution >= 0.6 is 0 Å². The Bertz CT molecular complexity index is 1460. The van der Waals surface area contributed by atoms with Gasteiger partial charge in [0.05, 0.1) is 23.0 Å². The fourth-order valence-corrected chi connectivity index (χ4v) is 5.83. The van der Waals surface area contributed by atoms with E-state index in [9.17, 15) is 13.2 Å². The Kier molecular flexibility index (Phi) is 6.27. The summed E-state index contributed by atoms with van der Waals surface area (Å²) < 4.78 is 33.3. The van der Waals surface area contributed by atoms with E-state index in [2.05, 4.69) is 15.3 Å². The number of nitrogens with one attached hydrogen (secondary N) is 2. The fourth-order valence-electron chi connectivity index (χ4n) is 4.33. The number of hydrogen-bond donors (Lipinski definition) is 2. The molecule has 0 unspecified atom stereocenters. The van der Waals surface area contributed by atoms with Crippen molar-refractivity contribution in [1.82, 2.24) is 14.3 Å². The second-order valence-electron chi connectivity index (χ2n) is 8.53. The van der Waals surface area contributed by atoms with E-state index in [1.54, 1.807) is 37.4 Å². The Labute approximate surface area is 204 Å². The summed E-state index contributed by atoms with van der Waals surface area (Å²) in [5.74, 6) is 0.991. The molecular formula is C26H26N4O4S. The number of nitrogens with zero attached hydrogens (tertiary/aromatic N) is 2. The highest BCUT2D eigenvalue weighted by atomic mass is 32.2. The summed E-state index contributed by atoms with van der Waals surface area (Å²) in [5, 5.41) is 2.91. The predicted molar refractivity (Wildman–Crippen MR) is 135 cm³/mol. The average molecular weight is 491 g/mol. The molecule has 2 heterocycles. The number of aromatic amines is 1. The molecule has 0 spiro atoms. The van der Waals surface area contributed by atoms with Crippen LogP contribution in [0.25, 0.3) is 22.4 Å². The van der Waals surface area contributed by atoms with Gasteiger partial charge in [0.2, 0.25) is 15.9 Å². The monoisotopic (exact) mass is 490 g/mol. The molecule has 3 aromatic carbocycles. The molecule has 8 nitrogen and oxygen atoms in total. The van der Waals surface area contributed by atoms with Gasteiger partial charge >= 0.3 is 0 Å². The number of H-pyrrole nitrogens is 1. The Morgan fingerprint density at radius 1 is 1.03 bits per heavy atom. The maximum Gasteiger partial charge on any atom is 0.243 e. The number of carbonyl (C=O) groups excluding carboxylic acids is 1. The number of methoxy groups -OCH3 is 1. The molecule has 9 heteroatoms. The number of fused-ring (bicyclic) bond motifs is 1. The lowest BCUT2D eigenvalue weighted by molar-refractivity contribution is -0.120. The van der Waals surface area contributed by atoms with Crippen LogP contribution in [0, 0.1) is 5.92 Å². The molecule has 0 saturated carbocycles. The summed E-state index contributed by atoms with van der Waals surface area (Å²) in [6.07, 6.45) is 0.916. The van der Waals surface area contributed by atoms with Crippen LogP contribution in [0.1, 0.15) is 12.8 Å². The second-order valence-corrected chi connectivity index (χ2v) is 10.5. The van der Waals surface area contributed by atoms with Crippen LogP contribution in [-0.2, 0) is 14.8 Å². The van der Waals surface area contributed by atoms with E-state index in [1.807, 2.05) is 42.5 Å². The molecule has 0 atom stereocenters. The zero-order valence-electron chi connectivity index (χ0n) is 19.3. The number of amides is 1. The fraction of sp³-hybridized carbons (Fsp3) is 0.231. The number of imidazole rings is 1. The van der Waals surface area contributed by atoms with Crippen LogP contribution in [0.2, 0.25) is 0 Å². The third-order valence-electron chi connectivity index (χ3n) is 6.30. The molecule has 180 valence electrons. The van der Waals surface area contributed by atoms with Crippen molar-refractivity contribution in [3.05, 3.63) is 72.8 Å². The third-order valence-corrected chi connectivity index (χ3v) is 8.19. The van der Waals surface area contributed by atoms with Gasteiger partial charge in [-0.3, -0.25) is 4.79 Å². The minimum Gasteiger partial charge on any atom is -0.497 e. The normalized spacial score (nSPS) is 15.2. The highest BCUT2D eigenvalue weighted by molar-refractivity contribution is 7.89. The van der Waals surface area contributed by atoms with E-state index in [0.29, 0.717) is 41.1 Å². The van der Waals surface area contributed by atoms with Crippen molar-refractivity contribution >= 4 is 32.7 Å². The topological polar surface area (TPSA) is 104 Å². The summed E-state index contributed by atoms with van der Waals surface area (Å²) in [7, 11) is -2.12. The molecule has 35 heavy (non-hydrogen) atoms. The van der Waals surface area contributed by atoms with E-state index in [-0.39, 0.29) is 29.8 Å². The zero-order valence-corrected chi connectivity index (χ0v) is 20.1. The number of benzene rings is 3. The number of sulfonamides is 1. The smallest absolute Gasteiger partial charge is 0.243 e. The van der Waals surface area contributed by atoms with Crippen molar-refractivity contribution in [3.63, 3.8) is 0 Å². The molecule has 1 aromatic heterocycles. The molecule has 5 rings (SSSR count). The highest BCUT2D eigenvalue weighted by Crippen LogP contribution is 2.28. The van der Waals surface area contributed by atoms with E-state index >= 15 is 0 Å². The largest absolute Gasteiger partial charge is 0.497 e. The van der Waals surface area contributed by atoms with Crippen LogP contribution in [0.3, 0.4) is 0 Å². The Morgan fingerprint density at radius 2 is 1.80 bits per heavy atom. The van der Waals surface area contributed by atoms with E-state index < -0.39 is 10.0 Å². The summed E-state index contributed by atoms with van der Waals surface area (Å²) in [6.45, 7) is 0.573. The standard InChI is InChI=1S/C26H26N4O4S/c1-34-21-9-5-8-20(16-21)27-26(31)19-12-14-30(15-13-19)35(32,33)22-10-11-23-24(17-22)29-25(28-23)18-6-3-2-4-7-18/h2-11,16-17,19H,12-15H2,1H3,(H,27,31)(H,28,29). The Morgan fingerprint density at radius 3 is 2.54 bits per heavy atom. The van der Waals surface area contributed by atoms with Crippen molar-refractivity contribution < 1.29 is 17.9 Å². The first-order valence-electron chi connectivity index (χ1n) is 11.4. The van der Waals surface area contributed by atoms with Crippen LogP contribution in [0.5, 0.6) is 5.75 Å². The molecule has 2 N–H and O–H groups in total. The molecule has 1 saturated heterocycles. The van der Waals surface area contributed by atoms with E-state index in [1.165, 1.54) is 4.31 Å². The number of piperidine rings is 1. The Balaban J connectivity index is 1.27. The number of rotatable bonds is 6. The molecule has 1 aliphatic rings. The highest BCUT2D eigenvalue weighted by Gasteiger charge is 2.32. The maximum atomic E-state index is 13.3. The summed E-state index contributed by atoms with van der Waals surface area (Å²) in [4.78, 5) is 20.7. The van der Waals surface area contributed by atoms with Gasteiger partial charge in [-0.1, -0.05) is 36.4 Å². The molecular weight excluding hydrogens is 464 g/mol. The average Bonchev–Trinajstić information content (AvgIpc) is 3.33. The van der Waals surface area contributed by atoms with Crippen LogP contribution in [-0.4, -0.2) is 48.8 Å². The van der Waals surface area contributed by atoms with Gasteiger partial charge < -0.3 is 15.0 Å². The lowest BCUT2D eigenvalue weighted by atomic mass is 9.97. The lowest BCUT2D eigenvalue weighted by Gasteiger charge is -2.30. The first-order chi connectivity index (χ1) is 16.9. The molecule has 1 fully saturated rings. The zero-order chi connectivity index (χ0) is 24.4. The second kappa shape index (κ2) is 9.52. The van der Waals surface area contributed by atoms with E-state index in [0.717, 1.165) is 5.56 Å². The van der Waals surface area contributed by atoms with Crippen LogP contribution in [0.4, 0.5) is 5.69 Å². The first kappa shape index (κ1) is 23.1. The molecule has 1 amide bonds. The van der Waals surface area contributed by atoms with E-state index in [4.69, 9.17) is 4.74 Å². The minimum atomic E-state index is -3.69.